The highest BCUT2D eigenvalue weighted by Crippen LogP contribution is 2.27. The molecule has 176 valence electrons. The third kappa shape index (κ3) is 6.50. The van der Waals surface area contributed by atoms with Crippen LogP contribution in [0.4, 0.5) is 0 Å². The molecule has 1 amide bonds. The average molecular weight is 449 g/mol. The maximum absolute atomic E-state index is 11.9. The van der Waals surface area contributed by atoms with Crippen LogP contribution in [0.3, 0.4) is 0 Å². The summed E-state index contributed by atoms with van der Waals surface area (Å²) in [4.78, 5) is 18.3. The van der Waals surface area contributed by atoms with Crippen molar-refractivity contribution in [2.24, 2.45) is 4.99 Å². The fraction of sp³-hybridized carbons (Fsp3) is 0.481. The van der Waals surface area contributed by atoms with E-state index in [1.807, 2.05) is 4.90 Å². The molecule has 1 saturated heterocycles. The molecule has 0 aromatic heterocycles. The number of hydrogen-bond acceptors (Lipinski definition) is 3. The molecule has 0 atom stereocenters. The van der Waals surface area contributed by atoms with Crippen LogP contribution in [-0.2, 0) is 24.4 Å². The van der Waals surface area contributed by atoms with Crippen molar-refractivity contribution in [2.45, 2.75) is 71.2 Å². The lowest BCUT2D eigenvalue weighted by Gasteiger charge is -2.19. The quantitative estimate of drug-likeness (QED) is 0.467. The number of rotatable bonds is 8. The summed E-state index contributed by atoms with van der Waals surface area (Å²) in [5.74, 6) is 1.99. The van der Waals surface area contributed by atoms with E-state index >= 15 is 0 Å². The minimum Gasteiger partial charge on any atom is -0.490 e. The summed E-state index contributed by atoms with van der Waals surface area (Å²) in [6.45, 7) is 4.98. The Labute approximate surface area is 197 Å². The van der Waals surface area contributed by atoms with Gasteiger partial charge in [0.05, 0.1) is 6.10 Å². The topological polar surface area (TPSA) is 66.0 Å². The van der Waals surface area contributed by atoms with Gasteiger partial charge in [-0.05, 0) is 61.8 Å². The van der Waals surface area contributed by atoms with E-state index in [4.69, 9.17) is 4.74 Å². The monoisotopic (exact) mass is 448 g/mol. The Morgan fingerprint density at radius 3 is 2.61 bits per heavy atom. The van der Waals surface area contributed by atoms with Gasteiger partial charge in [-0.1, -0.05) is 36.4 Å². The van der Waals surface area contributed by atoms with Crippen LogP contribution in [0.25, 0.3) is 0 Å². The van der Waals surface area contributed by atoms with Gasteiger partial charge in [0.1, 0.15) is 5.75 Å². The van der Waals surface area contributed by atoms with Crippen molar-refractivity contribution in [3.63, 3.8) is 0 Å². The van der Waals surface area contributed by atoms with E-state index in [0.29, 0.717) is 32.2 Å². The minimum absolute atomic E-state index is 0.260. The normalized spacial score (nSPS) is 17.0. The Morgan fingerprint density at radius 2 is 1.85 bits per heavy atom. The SMILES string of the molecule is CN=C(NCc1cccc(CN2CCCC2=O)c1)NCc1ccc(C)cc1OC1CCCC1. The van der Waals surface area contributed by atoms with E-state index in [1.165, 1.54) is 29.5 Å². The molecule has 2 aromatic rings. The van der Waals surface area contributed by atoms with Crippen molar-refractivity contribution < 1.29 is 9.53 Å². The molecule has 1 aliphatic carbocycles. The van der Waals surface area contributed by atoms with E-state index in [1.54, 1.807) is 7.05 Å². The van der Waals surface area contributed by atoms with Crippen LogP contribution >= 0.6 is 0 Å². The third-order valence-corrected chi connectivity index (χ3v) is 6.48. The predicted molar refractivity (Wildman–Crippen MR) is 132 cm³/mol. The Kier molecular flexibility index (Phi) is 7.87. The zero-order valence-electron chi connectivity index (χ0n) is 19.9. The van der Waals surface area contributed by atoms with E-state index in [2.05, 4.69) is 65.0 Å². The summed E-state index contributed by atoms with van der Waals surface area (Å²) in [6.07, 6.45) is 6.80. The van der Waals surface area contributed by atoms with Gasteiger partial charge in [-0.2, -0.15) is 0 Å². The van der Waals surface area contributed by atoms with E-state index < -0.39 is 0 Å². The maximum atomic E-state index is 11.9. The summed E-state index contributed by atoms with van der Waals surface area (Å²) in [5.41, 5.74) is 4.70. The fourth-order valence-corrected chi connectivity index (χ4v) is 4.62. The second-order valence-electron chi connectivity index (χ2n) is 9.15. The first kappa shape index (κ1) is 23.1. The van der Waals surface area contributed by atoms with Gasteiger partial charge in [0.15, 0.2) is 5.96 Å². The molecule has 2 aliphatic rings. The van der Waals surface area contributed by atoms with Crippen molar-refractivity contribution in [2.75, 3.05) is 13.6 Å². The molecule has 33 heavy (non-hydrogen) atoms. The number of aryl methyl sites for hydroxylation is 1. The number of carbonyl (C=O) groups is 1. The average Bonchev–Trinajstić information content (AvgIpc) is 3.47. The van der Waals surface area contributed by atoms with Crippen LogP contribution in [0.1, 0.15) is 60.8 Å². The Bertz CT molecular complexity index is 982. The number of nitrogens with one attached hydrogen (secondary N) is 2. The number of nitrogens with zero attached hydrogens (tertiary/aromatic N) is 2. The number of likely N-dealkylation sites (tertiary alicyclic amines) is 1. The molecule has 2 N–H and O–H groups in total. The molecule has 6 nitrogen and oxygen atoms in total. The van der Waals surface area contributed by atoms with E-state index in [9.17, 15) is 4.79 Å². The number of amides is 1. The zero-order chi connectivity index (χ0) is 23.0. The molecule has 6 heteroatoms. The van der Waals surface area contributed by atoms with Gasteiger partial charge in [-0.25, -0.2) is 0 Å². The highest BCUT2D eigenvalue weighted by Gasteiger charge is 2.20. The van der Waals surface area contributed by atoms with Gasteiger partial charge in [0.25, 0.3) is 0 Å². The van der Waals surface area contributed by atoms with Gasteiger partial charge >= 0.3 is 0 Å². The van der Waals surface area contributed by atoms with Crippen molar-refractivity contribution in [3.05, 3.63) is 64.7 Å². The second kappa shape index (κ2) is 11.2. The molecule has 0 bridgehead atoms. The van der Waals surface area contributed by atoms with Crippen LogP contribution in [0.15, 0.2) is 47.5 Å². The van der Waals surface area contributed by atoms with Crippen LogP contribution in [-0.4, -0.2) is 36.5 Å². The molecule has 1 aliphatic heterocycles. The van der Waals surface area contributed by atoms with Gasteiger partial charge in [0, 0.05) is 45.2 Å². The molecule has 0 unspecified atom stereocenters. The fourth-order valence-electron chi connectivity index (χ4n) is 4.62. The molecule has 0 spiro atoms. The lowest BCUT2D eigenvalue weighted by molar-refractivity contribution is -0.128. The molecular formula is C27H36N4O2. The molecule has 2 fully saturated rings. The molecule has 1 saturated carbocycles. The lowest BCUT2D eigenvalue weighted by Crippen LogP contribution is -2.36. The van der Waals surface area contributed by atoms with Crippen LogP contribution in [0.5, 0.6) is 5.75 Å². The summed E-state index contributed by atoms with van der Waals surface area (Å²) in [6, 6.07) is 14.8. The molecular weight excluding hydrogens is 412 g/mol. The maximum Gasteiger partial charge on any atom is 0.222 e. The summed E-state index contributed by atoms with van der Waals surface area (Å²) >= 11 is 0. The van der Waals surface area contributed by atoms with Crippen molar-refractivity contribution in [1.82, 2.24) is 15.5 Å². The third-order valence-electron chi connectivity index (χ3n) is 6.48. The van der Waals surface area contributed by atoms with Gasteiger partial charge < -0.3 is 20.3 Å². The molecule has 0 radical (unpaired) electrons. The van der Waals surface area contributed by atoms with Crippen LogP contribution in [0, 0.1) is 6.92 Å². The van der Waals surface area contributed by atoms with Gasteiger partial charge in [-0.15, -0.1) is 0 Å². The smallest absolute Gasteiger partial charge is 0.222 e. The highest BCUT2D eigenvalue weighted by molar-refractivity contribution is 5.79. The van der Waals surface area contributed by atoms with Crippen LogP contribution < -0.4 is 15.4 Å². The van der Waals surface area contributed by atoms with Gasteiger partial charge in [0.2, 0.25) is 5.91 Å². The van der Waals surface area contributed by atoms with E-state index in [0.717, 1.165) is 43.1 Å². The summed E-state index contributed by atoms with van der Waals surface area (Å²) in [7, 11) is 1.79. The first-order valence-corrected chi connectivity index (χ1v) is 12.2. The summed E-state index contributed by atoms with van der Waals surface area (Å²) in [5, 5.41) is 6.83. The predicted octanol–water partition coefficient (Wildman–Crippen LogP) is 4.30. The lowest BCUT2D eigenvalue weighted by atomic mass is 10.1. The Balaban J connectivity index is 1.31. The van der Waals surface area contributed by atoms with E-state index in [-0.39, 0.29) is 5.91 Å². The molecule has 1 heterocycles. The Morgan fingerprint density at radius 1 is 1.06 bits per heavy atom. The number of hydrogen-bond donors (Lipinski definition) is 2. The second-order valence-corrected chi connectivity index (χ2v) is 9.15. The summed E-state index contributed by atoms with van der Waals surface area (Å²) < 4.78 is 6.33. The standard InChI is InChI=1S/C27H36N4O2/c1-20-12-13-23(25(15-20)33-24-9-3-4-10-24)18-30-27(28-2)29-17-21-7-5-8-22(16-21)19-31-14-6-11-26(31)32/h5,7-8,12-13,15-16,24H,3-4,6,9-11,14,17-19H2,1-2H3,(H2,28,29,30). The van der Waals surface area contributed by atoms with Crippen molar-refractivity contribution >= 4 is 11.9 Å². The number of guanidine groups is 1. The number of ether oxygens (including phenoxy) is 1. The number of benzene rings is 2. The highest BCUT2D eigenvalue weighted by atomic mass is 16.5. The zero-order valence-corrected chi connectivity index (χ0v) is 19.9. The van der Waals surface area contributed by atoms with Crippen molar-refractivity contribution in [1.29, 1.82) is 0 Å². The number of aliphatic imine (C=N–C) groups is 1. The molecule has 2 aromatic carbocycles. The van der Waals surface area contributed by atoms with Crippen LogP contribution in [0.2, 0.25) is 0 Å². The van der Waals surface area contributed by atoms with Crippen molar-refractivity contribution in [3.8, 4) is 5.75 Å². The first-order chi connectivity index (χ1) is 16.1. The first-order valence-electron chi connectivity index (χ1n) is 12.2. The number of carbonyl (C=O) groups excluding carboxylic acids is 1. The largest absolute Gasteiger partial charge is 0.490 e. The Hall–Kier alpha value is -3.02. The van der Waals surface area contributed by atoms with Gasteiger partial charge in [-0.3, -0.25) is 9.79 Å². The molecule has 4 rings (SSSR count). The minimum atomic E-state index is 0.260.